The molecule has 1 unspecified atom stereocenters. The SMILES string of the molecule is CC(O)C(=O)N1CCN(Cc2ccc(F)c(Br)c2)CC1. The summed E-state index contributed by atoms with van der Waals surface area (Å²) in [7, 11) is 0. The molecule has 1 atom stereocenters. The van der Waals surface area contributed by atoms with Gasteiger partial charge < -0.3 is 10.0 Å². The van der Waals surface area contributed by atoms with E-state index in [2.05, 4.69) is 20.8 Å². The van der Waals surface area contributed by atoms with Crippen LogP contribution in [0.15, 0.2) is 22.7 Å². The summed E-state index contributed by atoms with van der Waals surface area (Å²) >= 11 is 3.18. The molecule has 0 radical (unpaired) electrons. The molecule has 1 N–H and O–H groups in total. The zero-order valence-corrected chi connectivity index (χ0v) is 12.9. The predicted molar refractivity (Wildman–Crippen MR) is 77.6 cm³/mol. The highest BCUT2D eigenvalue weighted by Crippen LogP contribution is 2.18. The molecule has 0 aromatic heterocycles. The molecule has 0 saturated carbocycles. The van der Waals surface area contributed by atoms with Crippen molar-refractivity contribution in [3.63, 3.8) is 0 Å². The number of nitrogens with zero attached hydrogens (tertiary/aromatic N) is 2. The van der Waals surface area contributed by atoms with Gasteiger partial charge in [0, 0.05) is 32.7 Å². The van der Waals surface area contributed by atoms with Gasteiger partial charge in [0.2, 0.25) is 0 Å². The number of rotatable bonds is 3. The second kappa shape index (κ2) is 6.65. The average molecular weight is 345 g/mol. The molecule has 0 aliphatic carbocycles. The molecular formula is C14H18BrFN2O2. The highest BCUT2D eigenvalue weighted by molar-refractivity contribution is 9.10. The topological polar surface area (TPSA) is 43.8 Å². The first-order valence-corrected chi connectivity index (χ1v) is 7.40. The van der Waals surface area contributed by atoms with E-state index in [0.29, 0.717) is 17.6 Å². The lowest BCUT2D eigenvalue weighted by Gasteiger charge is -2.35. The van der Waals surface area contributed by atoms with Crippen LogP contribution in [-0.2, 0) is 11.3 Å². The van der Waals surface area contributed by atoms with E-state index in [1.54, 1.807) is 17.0 Å². The smallest absolute Gasteiger partial charge is 0.251 e. The third-order valence-electron chi connectivity index (χ3n) is 3.43. The molecular weight excluding hydrogens is 327 g/mol. The molecule has 1 amide bonds. The third kappa shape index (κ3) is 3.77. The molecule has 1 saturated heterocycles. The van der Waals surface area contributed by atoms with Crippen LogP contribution >= 0.6 is 15.9 Å². The molecule has 20 heavy (non-hydrogen) atoms. The Morgan fingerprint density at radius 1 is 1.40 bits per heavy atom. The molecule has 1 aliphatic heterocycles. The van der Waals surface area contributed by atoms with Gasteiger partial charge in [0.1, 0.15) is 11.9 Å². The number of halogens is 2. The van der Waals surface area contributed by atoms with Gasteiger partial charge in [0.25, 0.3) is 5.91 Å². The number of carbonyl (C=O) groups excluding carboxylic acids is 1. The third-order valence-corrected chi connectivity index (χ3v) is 4.04. The zero-order chi connectivity index (χ0) is 14.7. The Morgan fingerprint density at radius 2 is 2.05 bits per heavy atom. The Labute approximate surface area is 126 Å². The highest BCUT2D eigenvalue weighted by atomic mass is 79.9. The Bertz CT molecular complexity index is 488. The first kappa shape index (κ1) is 15.4. The van der Waals surface area contributed by atoms with Crippen molar-refractivity contribution in [3.8, 4) is 0 Å². The lowest BCUT2D eigenvalue weighted by atomic mass is 10.2. The van der Waals surface area contributed by atoms with Crippen molar-refractivity contribution in [2.75, 3.05) is 26.2 Å². The number of aliphatic hydroxyl groups excluding tert-OH is 1. The fraction of sp³-hybridized carbons (Fsp3) is 0.500. The Morgan fingerprint density at radius 3 is 2.60 bits per heavy atom. The summed E-state index contributed by atoms with van der Waals surface area (Å²) in [5, 5.41) is 9.29. The van der Waals surface area contributed by atoms with E-state index < -0.39 is 6.10 Å². The zero-order valence-electron chi connectivity index (χ0n) is 11.4. The molecule has 4 nitrogen and oxygen atoms in total. The van der Waals surface area contributed by atoms with Gasteiger partial charge in [0.05, 0.1) is 4.47 Å². The molecule has 1 aromatic carbocycles. The molecule has 1 fully saturated rings. The minimum atomic E-state index is -0.936. The van der Waals surface area contributed by atoms with Crippen LogP contribution in [0.1, 0.15) is 12.5 Å². The second-order valence-corrected chi connectivity index (χ2v) is 5.88. The molecule has 1 aromatic rings. The van der Waals surface area contributed by atoms with Crippen molar-refractivity contribution in [1.29, 1.82) is 0 Å². The van der Waals surface area contributed by atoms with Crippen LogP contribution in [0.5, 0.6) is 0 Å². The van der Waals surface area contributed by atoms with Gasteiger partial charge in [-0.15, -0.1) is 0 Å². The maximum absolute atomic E-state index is 13.2. The normalized spacial score (nSPS) is 18.1. The van der Waals surface area contributed by atoms with Crippen LogP contribution in [-0.4, -0.2) is 53.1 Å². The largest absolute Gasteiger partial charge is 0.384 e. The molecule has 1 aliphatic rings. The first-order chi connectivity index (χ1) is 9.47. The first-order valence-electron chi connectivity index (χ1n) is 6.60. The van der Waals surface area contributed by atoms with Crippen molar-refractivity contribution >= 4 is 21.8 Å². The lowest BCUT2D eigenvalue weighted by molar-refractivity contribution is -0.141. The van der Waals surface area contributed by atoms with Gasteiger partial charge in [-0.1, -0.05) is 6.07 Å². The summed E-state index contributed by atoms with van der Waals surface area (Å²) in [5.41, 5.74) is 1.04. The predicted octanol–water partition coefficient (Wildman–Crippen LogP) is 1.61. The summed E-state index contributed by atoms with van der Waals surface area (Å²) < 4.78 is 13.6. The minimum absolute atomic E-state index is 0.214. The highest BCUT2D eigenvalue weighted by Gasteiger charge is 2.23. The van der Waals surface area contributed by atoms with E-state index >= 15 is 0 Å². The monoisotopic (exact) mass is 344 g/mol. The fourth-order valence-corrected chi connectivity index (χ4v) is 2.71. The Balaban J connectivity index is 1.88. The summed E-state index contributed by atoms with van der Waals surface area (Å²) in [6.45, 7) is 4.97. The van der Waals surface area contributed by atoms with Gasteiger partial charge >= 0.3 is 0 Å². The van der Waals surface area contributed by atoms with E-state index in [4.69, 9.17) is 0 Å². The maximum atomic E-state index is 13.2. The van der Waals surface area contributed by atoms with Crippen molar-refractivity contribution in [1.82, 2.24) is 9.80 Å². The second-order valence-electron chi connectivity index (χ2n) is 5.03. The van der Waals surface area contributed by atoms with Crippen LogP contribution in [0.2, 0.25) is 0 Å². The molecule has 0 spiro atoms. The van der Waals surface area contributed by atoms with Crippen LogP contribution in [0.4, 0.5) is 4.39 Å². The van der Waals surface area contributed by atoms with Crippen molar-refractivity contribution in [2.24, 2.45) is 0 Å². The molecule has 6 heteroatoms. The maximum Gasteiger partial charge on any atom is 0.251 e. The minimum Gasteiger partial charge on any atom is -0.384 e. The van der Waals surface area contributed by atoms with Crippen LogP contribution in [0.3, 0.4) is 0 Å². The average Bonchev–Trinajstić information content (AvgIpc) is 2.43. The van der Waals surface area contributed by atoms with E-state index in [0.717, 1.165) is 25.2 Å². The summed E-state index contributed by atoms with van der Waals surface area (Å²) in [5.74, 6) is -0.477. The van der Waals surface area contributed by atoms with Crippen molar-refractivity contribution in [2.45, 2.75) is 19.6 Å². The van der Waals surface area contributed by atoms with E-state index in [9.17, 15) is 14.3 Å². The van der Waals surface area contributed by atoms with Crippen molar-refractivity contribution in [3.05, 3.63) is 34.1 Å². The van der Waals surface area contributed by atoms with Gasteiger partial charge in [-0.3, -0.25) is 9.69 Å². The summed E-state index contributed by atoms with van der Waals surface area (Å²) in [6, 6.07) is 5.00. The number of hydrogen-bond acceptors (Lipinski definition) is 3. The van der Waals surface area contributed by atoms with Crippen LogP contribution < -0.4 is 0 Å². The van der Waals surface area contributed by atoms with E-state index in [1.807, 2.05) is 0 Å². The van der Waals surface area contributed by atoms with E-state index in [-0.39, 0.29) is 11.7 Å². The molecule has 2 rings (SSSR count). The van der Waals surface area contributed by atoms with Crippen LogP contribution in [0.25, 0.3) is 0 Å². The van der Waals surface area contributed by atoms with E-state index in [1.165, 1.54) is 13.0 Å². The van der Waals surface area contributed by atoms with Crippen molar-refractivity contribution < 1.29 is 14.3 Å². The number of hydrogen-bond donors (Lipinski definition) is 1. The van der Waals surface area contributed by atoms with Crippen LogP contribution in [0, 0.1) is 5.82 Å². The molecule has 110 valence electrons. The number of benzene rings is 1. The Kier molecular flexibility index (Phi) is 5.12. The number of amides is 1. The molecule has 1 heterocycles. The number of piperazine rings is 1. The van der Waals surface area contributed by atoms with Gasteiger partial charge in [0.15, 0.2) is 0 Å². The summed E-state index contributed by atoms with van der Waals surface area (Å²) in [6.07, 6.45) is -0.936. The van der Waals surface area contributed by atoms with Gasteiger partial charge in [-0.05, 0) is 40.5 Å². The lowest BCUT2D eigenvalue weighted by Crippen LogP contribution is -2.50. The van der Waals surface area contributed by atoms with Gasteiger partial charge in [-0.25, -0.2) is 4.39 Å². The summed E-state index contributed by atoms with van der Waals surface area (Å²) in [4.78, 5) is 15.6. The molecule has 0 bridgehead atoms. The van der Waals surface area contributed by atoms with Gasteiger partial charge in [-0.2, -0.15) is 0 Å². The quantitative estimate of drug-likeness (QED) is 0.905. The Hall–Kier alpha value is -0.980. The fourth-order valence-electron chi connectivity index (χ4n) is 2.29. The number of aliphatic hydroxyl groups is 1. The standard InChI is InChI=1S/C14H18BrFN2O2/c1-10(19)14(20)18-6-4-17(5-7-18)9-11-2-3-13(16)12(15)8-11/h2-3,8,10,19H,4-7,9H2,1H3. The number of carbonyl (C=O) groups is 1.